The van der Waals surface area contributed by atoms with Crippen molar-refractivity contribution in [2.24, 2.45) is 0 Å². The predicted octanol–water partition coefficient (Wildman–Crippen LogP) is 13.0. The highest BCUT2D eigenvalue weighted by Crippen LogP contribution is 2.26. The molecule has 0 aromatic carbocycles. The molecule has 1 saturated heterocycles. The lowest BCUT2D eigenvalue weighted by atomic mass is 10.0. The first kappa shape index (κ1) is 44.8. The van der Waals surface area contributed by atoms with Crippen LogP contribution in [0.15, 0.2) is 48.6 Å². The van der Waals surface area contributed by atoms with Gasteiger partial charge in [-0.15, -0.1) is 0 Å². The number of ether oxygens (including phenoxy) is 2. The lowest BCUT2D eigenvalue weighted by Crippen LogP contribution is -2.26. The molecule has 0 aliphatic carbocycles. The Morgan fingerprint density at radius 1 is 0.542 bits per heavy atom. The topological polar surface area (TPSA) is 37.0 Å². The summed E-state index contributed by atoms with van der Waals surface area (Å²) >= 11 is 0. The van der Waals surface area contributed by atoms with Gasteiger partial charge in [-0.25, -0.2) is 0 Å². The molecule has 1 aliphatic heterocycles. The van der Waals surface area contributed by atoms with E-state index in [1.807, 2.05) is 0 Å². The van der Waals surface area contributed by atoms with Crippen molar-refractivity contribution < 1.29 is 9.47 Å². The minimum atomic E-state index is -0.0384. The smallest absolute Gasteiger partial charge is 0.199 e. The lowest BCUT2D eigenvalue weighted by molar-refractivity contribution is -0.0215. The van der Waals surface area contributed by atoms with Crippen molar-refractivity contribution >= 4 is 0 Å². The van der Waals surface area contributed by atoms with Gasteiger partial charge in [0, 0.05) is 0 Å². The maximum absolute atomic E-state index is 6.48. The summed E-state index contributed by atoms with van der Waals surface area (Å²) in [5.41, 5.74) is 0. The molecule has 2 atom stereocenters. The van der Waals surface area contributed by atoms with E-state index in [-0.39, 0.29) is 12.5 Å². The second-order valence-electron chi connectivity index (χ2n) is 14.5. The van der Waals surface area contributed by atoms with Crippen molar-refractivity contribution in [3.05, 3.63) is 48.6 Å². The van der Waals surface area contributed by atoms with Gasteiger partial charge in [0.2, 0.25) is 0 Å². The van der Waals surface area contributed by atoms with Gasteiger partial charge in [-0.05, 0) is 111 Å². The largest absolute Gasteiger partial charge is 0.345 e. The third kappa shape index (κ3) is 32.0. The molecule has 1 rings (SSSR count). The Morgan fingerprint density at radius 2 is 0.958 bits per heavy atom. The molecular weight excluding hydrogens is 588 g/mol. The molecule has 2 unspecified atom stereocenters. The van der Waals surface area contributed by atoms with Crippen molar-refractivity contribution in [2.75, 3.05) is 27.2 Å². The Hall–Kier alpha value is -1.20. The standard InChI is InChI=1S/C44H82N2O2/c1-5-7-9-11-13-15-17-19-21-23-25-27-29-31-33-35-38-42(47-44-43(48-44)45-40-37-41-46(3)4)39-36-34-32-30-28-26-24-22-20-18-16-14-12-10-8-6-2/h13-16,19-22,42-45H,5-12,17-18,23-41H2,1-4H3/b15-13-,16-14-,21-19-,22-20-. The average Bonchev–Trinajstić information content (AvgIpc) is 3.83. The zero-order valence-electron chi connectivity index (χ0n) is 32.6. The molecule has 280 valence electrons. The van der Waals surface area contributed by atoms with Crippen LogP contribution < -0.4 is 5.32 Å². The van der Waals surface area contributed by atoms with Crippen LogP contribution in [0.2, 0.25) is 0 Å². The fraction of sp³-hybridized carbons (Fsp3) is 0.818. The molecule has 4 heteroatoms. The fourth-order valence-electron chi connectivity index (χ4n) is 6.18. The van der Waals surface area contributed by atoms with Crippen LogP contribution >= 0.6 is 0 Å². The molecular formula is C44H82N2O2. The Morgan fingerprint density at radius 3 is 1.40 bits per heavy atom. The predicted molar refractivity (Wildman–Crippen MR) is 213 cm³/mol. The van der Waals surface area contributed by atoms with Crippen LogP contribution in [-0.4, -0.2) is 50.7 Å². The quantitative estimate of drug-likeness (QED) is 0.0405. The summed E-state index contributed by atoms with van der Waals surface area (Å²) in [6.07, 6.45) is 54.0. The average molecular weight is 671 g/mol. The summed E-state index contributed by atoms with van der Waals surface area (Å²) in [4.78, 5) is 2.24. The van der Waals surface area contributed by atoms with E-state index in [1.165, 1.54) is 154 Å². The first-order valence-electron chi connectivity index (χ1n) is 21.0. The highest BCUT2D eigenvalue weighted by Gasteiger charge is 2.41. The van der Waals surface area contributed by atoms with Crippen molar-refractivity contribution in [3.63, 3.8) is 0 Å². The Bertz CT molecular complexity index is 726. The molecule has 1 aliphatic rings. The van der Waals surface area contributed by atoms with Crippen LogP contribution in [0.1, 0.15) is 187 Å². The highest BCUT2D eigenvalue weighted by molar-refractivity contribution is 4.93. The van der Waals surface area contributed by atoms with Crippen molar-refractivity contribution in [2.45, 2.75) is 206 Å². The van der Waals surface area contributed by atoms with Crippen LogP contribution in [0.5, 0.6) is 0 Å². The Balaban J connectivity index is 2.14. The number of allylic oxidation sites excluding steroid dienone is 8. The third-order valence-electron chi connectivity index (χ3n) is 9.36. The molecule has 1 N–H and O–H groups in total. The molecule has 0 amide bonds. The number of nitrogens with one attached hydrogen (secondary N) is 1. The highest BCUT2D eigenvalue weighted by atomic mass is 16.8. The first-order valence-corrected chi connectivity index (χ1v) is 21.0. The minimum Gasteiger partial charge on any atom is -0.345 e. The second kappa shape index (κ2) is 35.6. The molecule has 0 radical (unpaired) electrons. The van der Waals surface area contributed by atoms with E-state index in [2.05, 4.69) is 86.8 Å². The van der Waals surface area contributed by atoms with Crippen molar-refractivity contribution in [3.8, 4) is 0 Å². The zero-order chi connectivity index (χ0) is 34.6. The molecule has 48 heavy (non-hydrogen) atoms. The summed E-state index contributed by atoms with van der Waals surface area (Å²) < 4.78 is 12.3. The summed E-state index contributed by atoms with van der Waals surface area (Å²) in [6.45, 7) is 6.64. The van der Waals surface area contributed by atoms with Gasteiger partial charge in [-0.3, -0.25) is 5.32 Å². The van der Waals surface area contributed by atoms with E-state index in [0.29, 0.717) is 6.10 Å². The summed E-state index contributed by atoms with van der Waals surface area (Å²) in [6, 6.07) is 0. The first-order chi connectivity index (χ1) is 23.7. The molecule has 4 nitrogen and oxygen atoms in total. The maximum Gasteiger partial charge on any atom is 0.199 e. The Labute approximate surface area is 300 Å². The van der Waals surface area contributed by atoms with Gasteiger partial charge in [0.05, 0.1) is 6.10 Å². The van der Waals surface area contributed by atoms with Gasteiger partial charge in [-0.1, -0.05) is 152 Å². The van der Waals surface area contributed by atoms with Gasteiger partial charge in [0.1, 0.15) is 0 Å². The maximum atomic E-state index is 6.48. The number of hydrogen-bond donors (Lipinski definition) is 1. The molecule has 1 heterocycles. The summed E-state index contributed by atoms with van der Waals surface area (Å²) in [5.74, 6) is 0. The fourth-order valence-corrected chi connectivity index (χ4v) is 6.18. The van der Waals surface area contributed by atoms with Crippen LogP contribution in [0.3, 0.4) is 0 Å². The van der Waals surface area contributed by atoms with Gasteiger partial charge in [0.25, 0.3) is 0 Å². The lowest BCUT2D eigenvalue weighted by Gasteiger charge is -2.17. The van der Waals surface area contributed by atoms with E-state index < -0.39 is 0 Å². The van der Waals surface area contributed by atoms with E-state index in [4.69, 9.17) is 9.47 Å². The summed E-state index contributed by atoms with van der Waals surface area (Å²) in [7, 11) is 4.26. The molecule has 0 bridgehead atoms. The molecule has 0 aromatic heterocycles. The normalized spacial score (nSPS) is 16.8. The Kier molecular flexibility index (Phi) is 33.3. The van der Waals surface area contributed by atoms with E-state index in [0.717, 1.165) is 32.4 Å². The van der Waals surface area contributed by atoms with Gasteiger partial charge >= 0.3 is 0 Å². The summed E-state index contributed by atoms with van der Waals surface area (Å²) in [5, 5.41) is 3.53. The minimum absolute atomic E-state index is 0.0384. The van der Waals surface area contributed by atoms with Crippen LogP contribution in [-0.2, 0) is 9.47 Å². The molecule has 1 fully saturated rings. The van der Waals surface area contributed by atoms with Crippen LogP contribution in [0.4, 0.5) is 0 Å². The van der Waals surface area contributed by atoms with E-state index >= 15 is 0 Å². The number of nitrogens with zero attached hydrogens (tertiary/aromatic N) is 1. The van der Waals surface area contributed by atoms with Crippen LogP contribution in [0, 0.1) is 0 Å². The molecule has 0 saturated carbocycles. The number of epoxide rings is 1. The van der Waals surface area contributed by atoms with Crippen LogP contribution in [0.25, 0.3) is 0 Å². The van der Waals surface area contributed by atoms with Crippen molar-refractivity contribution in [1.82, 2.24) is 10.2 Å². The number of hydrogen-bond acceptors (Lipinski definition) is 4. The SMILES string of the molecule is CCCCC/C=C\C/C=C\CCCCCCCCC(CCCCCCCC/C=C\C/C=C\CCCCC)OC1OC1NCCCN(C)C. The van der Waals surface area contributed by atoms with Gasteiger partial charge in [0.15, 0.2) is 12.5 Å². The molecule has 0 spiro atoms. The zero-order valence-corrected chi connectivity index (χ0v) is 32.6. The monoisotopic (exact) mass is 671 g/mol. The second-order valence-corrected chi connectivity index (χ2v) is 14.5. The number of rotatable bonds is 37. The van der Waals surface area contributed by atoms with E-state index in [1.54, 1.807) is 0 Å². The molecule has 0 aromatic rings. The third-order valence-corrected chi connectivity index (χ3v) is 9.36. The van der Waals surface area contributed by atoms with Gasteiger partial charge in [-0.2, -0.15) is 0 Å². The number of unbranched alkanes of at least 4 members (excludes halogenated alkanes) is 18. The van der Waals surface area contributed by atoms with Gasteiger partial charge < -0.3 is 14.4 Å². The van der Waals surface area contributed by atoms with Crippen molar-refractivity contribution in [1.29, 1.82) is 0 Å². The van der Waals surface area contributed by atoms with E-state index in [9.17, 15) is 0 Å².